The Balaban J connectivity index is 1.63. The number of nitrogens with zero attached hydrogens (tertiary/aromatic N) is 1. The monoisotopic (exact) mass is 249 g/mol. The van der Waals surface area contributed by atoms with Crippen LogP contribution in [0.5, 0.6) is 5.88 Å². The first-order chi connectivity index (χ1) is 8.78. The number of amides is 1. The zero-order chi connectivity index (χ0) is 12.8. The summed E-state index contributed by atoms with van der Waals surface area (Å²) >= 11 is 0. The van der Waals surface area contributed by atoms with Gasteiger partial charge >= 0.3 is 0 Å². The van der Waals surface area contributed by atoms with Crippen LogP contribution in [0.25, 0.3) is 0 Å². The van der Waals surface area contributed by atoms with Crippen LogP contribution in [0.15, 0.2) is 18.2 Å². The van der Waals surface area contributed by atoms with E-state index in [2.05, 4.69) is 15.6 Å². The van der Waals surface area contributed by atoms with Crippen LogP contribution < -0.4 is 15.4 Å². The van der Waals surface area contributed by atoms with Crippen LogP contribution >= 0.6 is 0 Å². The van der Waals surface area contributed by atoms with Gasteiger partial charge in [-0.2, -0.15) is 0 Å². The SMILES string of the molecule is COc1cccc(CNCCC(=O)NC2CC2)n1. The number of hydrogen-bond acceptors (Lipinski definition) is 4. The quantitative estimate of drug-likeness (QED) is 0.703. The molecule has 1 saturated carbocycles. The van der Waals surface area contributed by atoms with Gasteiger partial charge in [-0.05, 0) is 18.9 Å². The standard InChI is InChI=1S/C13H19N3O2/c1-18-13-4-2-3-11(16-13)9-14-8-7-12(17)15-10-5-6-10/h2-4,10,14H,5-9H2,1H3,(H,15,17). The van der Waals surface area contributed by atoms with Crippen LogP contribution in [-0.4, -0.2) is 30.6 Å². The van der Waals surface area contributed by atoms with E-state index in [1.807, 2.05) is 18.2 Å². The molecule has 1 aliphatic carbocycles. The van der Waals surface area contributed by atoms with Crippen molar-refractivity contribution in [3.8, 4) is 5.88 Å². The molecule has 0 aliphatic heterocycles. The summed E-state index contributed by atoms with van der Waals surface area (Å²) in [6.07, 6.45) is 2.78. The Hall–Kier alpha value is -1.62. The smallest absolute Gasteiger partial charge is 0.221 e. The second-order valence-corrected chi connectivity index (χ2v) is 4.44. The molecule has 0 bridgehead atoms. The van der Waals surface area contributed by atoms with Crippen molar-refractivity contribution in [3.05, 3.63) is 23.9 Å². The zero-order valence-corrected chi connectivity index (χ0v) is 10.6. The molecule has 1 aromatic heterocycles. The summed E-state index contributed by atoms with van der Waals surface area (Å²) in [6, 6.07) is 6.09. The van der Waals surface area contributed by atoms with Gasteiger partial charge in [0, 0.05) is 31.6 Å². The topological polar surface area (TPSA) is 63.2 Å². The normalized spacial score (nSPS) is 14.3. The summed E-state index contributed by atoms with van der Waals surface area (Å²) < 4.78 is 5.05. The van der Waals surface area contributed by atoms with Crippen molar-refractivity contribution in [2.45, 2.75) is 31.8 Å². The van der Waals surface area contributed by atoms with E-state index in [9.17, 15) is 4.79 Å². The van der Waals surface area contributed by atoms with E-state index in [1.165, 1.54) is 0 Å². The van der Waals surface area contributed by atoms with Crippen molar-refractivity contribution < 1.29 is 9.53 Å². The van der Waals surface area contributed by atoms with Crippen molar-refractivity contribution in [2.75, 3.05) is 13.7 Å². The fourth-order valence-electron chi connectivity index (χ4n) is 1.62. The molecule has 0 aromatic carbocycles. The number of carbonyl (C=O) groups is 1. The average molecular weight is 249 g/mol. The first-order valence-electron chi connectivity index (χ1n) is 6.28. The molecule has 0 saturated heterocycles. The number of carbonyl (C=O) groups excluding carboxylic acids is 1. The van der Waals surface area contributed by atoms with Gasteiger partial charge in [0.05, 0.1) is 12.8 Å². The van der Waals surface area contributed by atoms with Crippen molar-refractivity contribution in [2.24, 2.45) is 0 Å². The van der Waals surface area contributed by atoms with E-state index in [0.717, 1.165) is 18.5 Å². The molecule has 0 unspecified atom stereocenters. The van der Waals surface area contributed by atoms with Crippen LogP contribution in [0.2, 0.25) is 0 Å². The van der Waals surface area contributed by atoms with Gasteiger partial charge in [-0.25, -0.2) is 4.98 Å². The molecule has 1 fully saturated rings. The highest BCUT2D eigenvalue weighted by molar-refractivity contribution is 5.76. The largest absolute Gasteiger partial charge is 0.481 e. The highest BCUT2D eigenvalue weighted by Gasteiger charge is 2.22. The fraction of sp³-hybridized carbons (Fsp3) is 0.538. The van der Waals surface area contributed by atoms with Gasteiger partial charge in [0.25, 0.3) is 0 Å². The third-order valence-corrected chi connectivity index (χ3v) is 2.77. The molecule has 1 aromatic rings. The van der Waals surface area contributed by atoms with Gasteiger partial charge in [0.1, 0.15) is 0 Å². The molecule has 1 amide bonds. The summed E-state index contributed by atoms with van der Waals surface area (Å²) in [5, 5.41) is 6.15. The van der Waals surface area contributed by atoms with E-state index in [-0.39, 0.29) is 5.91 Å². The van der Waals surface area contributed by atoms with Gasteiger partial charge in [-0.1, -0.05) is 6.07 Å². The molecule has 98 valence electrons. The Morgan fingerprint density at radius 3 is 3.06 bits per heavy atom. The minimum Gasteiger partial charge on any atom is -0.481 e. The second kappa shape index (κ2) is 6.35. The number of methoxy groups -OCH3 is 1. The summed E-state index contributed by atoms with van der Waals surface area (Å²) in [5.41, 5.74) is 0.914. The maximum Gasteiger partial charge on any atom is 0.221 e. The van der Waals surface area contributed by atoms with Gasteiger partial charge < -0.3 is 15.4 Å². The Labute approximate surface area is 107 Å². The summed E-state index contributed by atoms with van der Waals surface area (Å²) in [5.74, 6) is 0.740. The van der Waals surface area contributed by atoms with E-state index >= 15 is 0 Å². The Kier molecular flexibility index (Phi) is 4.52. The van der Waals surface area contributed by atoms with Crippen LogP contribution in [-0.2, 0) is 11.3 Å². The molecule has 1 heterocycles. The zero-order valence-electron chi connectivity index (χ0n) is 10.6. The fourth-order valence-corrected chi connectivity index (χ4v) is 1.62. The lowest BCUT2D eigenvalue weighted by atomic mass is 10.3. The number of ether oxygens (including phenoxy) is 1. The minimum absolute atomic E-state index is 0.128. The van der Waals surface area contributed by atoms with Gasteiger partial charge in [-0.15, -0.1) is 0 Å². The average Bonchev–Trinajstić information content (AvgIpc) is 3.19. The molecular formula is C13H19N3O2. The van der Waals surface area contributed by atoms with Crippen molar-refractivity contribution >= 4 is 5.91 Å². The Bertz CT molecular complexity index is 405. The van der Waals surface area contributed by atoms with Crippen molar-refractivity contribution in [3.63, 3.8) is 0 Å². The van der Waals surface area contributed by atoms with Gasteiger partial charge in [0.2, 0.25) is 11.8 Å². The molecule has 0 radical (unpaired) electrons. The molecule has 5 nitrogen and oxygen atoms in total. The lowest BCUT2D eigenvalue weighted by Crippen LogP contribution is -2.29. The lowest BCUT2D eigenvalue weighted by Gasteiger charge is -2.06. The first-order valence-corrected chi connectivity index (χ1v) is 6.28. The number of rotatable bonds is 7. The van der Waals surface area contributed by atoms with E-state index in [0.29, 0.717) is 31.4 Å². The highest BCUT2D eigenvalue weighted by Crippen LogP contribution is 2.18. The predicted octanol–water partition coefficient (Wildman–Crippen LogP) is 0.848. The number of hydrogen-bond donors (Lipinski definition) is 2. The molecule has 0 atom stereocenters. The first kappa shape index (κ1) is 12.8. The highest BCUT2D eigenvalue weighted by atomic mass is 16.5. The maximum atomic E-state index is 11.4. The third kappa shape index (κ3) is 4.33. The van der Waals surface area contributed by atoms with Gasteiger partial charge in [-0.3, -0.25) is 4.79 Å². The number of aromatic nitrogens is 1. The van der Waals surface area contributed by atoms with E-state index in [4.69, 9.17) is 4.74 Å². The van der Waals surface area contributed by atoms with Crippen LogP contribution in [0.3, 0.4) is 0 Å². The number of nitrogens with one attached hydrogen (secondary N) is 2. The summed E-state index contributed by atoms with van der Waals surface area (Å²) in [4.78, 5) is 15.7. The lowest BCUT2D eigenvalue weighted by molar-refractivity contribution is -0.121. The molecule has 1 aliphatic rings. The summed E-state index contributed by atoms with van der Waals surface area (Å²) in [6.45, 7) is 1.31. The molecule has 5 heteroatoms. The maximum absolute atomic E-state index is 11.4. The second-order valence-electron chi connectivity index (χ2n) is 4.44. The molecule has 0 spiro atoms. The van der Waals surface area contributed by atoms with Crippen molar-refractivity contribution in [1.29, 1.82) is 0 Å². The summed E-state index contributed by atoms with van der Waals surface area (Å²) in [7, 11) is 1.60. The van der Waals surface area contributed by atoms with E-state index in [1.54, 1.807) is 7.11 Å². The molecular weight excluding hydrogens is 230 g/mol. The Morgan fingerprint density at radius 1 is 1.50 bits per heavy atom. The molecule has 18 heavy (non-hydrogen) atoms. The number of pyridine rings is 1. The van der Waals surface area contributed by atoms with Crippen molar-refractivity contribution in [1.82, 2.24) is 15.6 Å². The van der Waals surface area contributed by atoms with Crippen LogP contribution in [0, 0.1) is 0 Å². The van der Waals surface area contributed by atoms with Gasteiger partial charge in [0.15, 0.2) is 0 Å². The minimum atomic E-state index is 0.128. The predicted molar refractivity (Wildman–Crippen MR) is 68.3 cm³/mol. The van der Waals surface area contributed by atoms with Crippen LogP contribution in [0.1, 0.15) is 25.0 Å². The molecule has 2 rings (SSSR count). The molecule has 2 N–H and O–H groups in total. The third-order valence-electron chi connectivity index (χ3n) is 2.77. The Morgan fingerprint density at radius 2 is 2.33 bits per heavy atom. The van der Waals surface area contributed by atoms with E-state index < -0.39 is 0 Å². The van der Waals surface area contributed by atoms with Crippen LogP contribution in [0.4, 0.5) is 0 Å².